The third-order valence-electron chi connectivity index (χ3n) is 2.50. The van der Waals surface area contributed by atoms with Crippen molar-refractivity contribution in [2.45, 2.75) is 6.42 Å². The quantitative estimate of drug-likeness (QED) is 0.659. The van der Waals surface area contributed by atoms with Crippen molar-refractivity contribution in [2.24, 2.45) is 0 Å². The molecule has 2 rings (SSSR count). The lowest BCUT2D eigenvalue weighted by Gasteiger charge is -2.26. The van der Waals surface area contributed by atoms with E-state index in [0.717, 1.165) is 5.56 Å². The molecule has 0 radical (unpaired) electrons. The number of carbonyl (C=O) groups excluding carboxylic acids is 2. The lowest BCUT2D eigenvalue weighted by Crippen LogP contribution is -2.52. The van der Waals surface area contributed by atoms with Crippen LogP contribution in [0.2, 0.25) is 0 Å². The minimum absolute atomic E-state index is 0.140. The van der Waals surface area contributed by atoms with Gasteiger partial charge in [-0.15, -0.1) is 0 Å². The van der Waals surface area contributed by atoms with E-state index in [1.54, 1.807) is 0 Å². The van der Waals surface area contributed by atoms with Gasteiger partial charge in [0.05, 0.1) is 0 Å². The molecule has 1 aromatic carbocycles. The summed E-state index contributed by atoms with van der Waals surface area (Å²) in [6, 6.07) is 9.76. The van der Waals surface area contributed by atoms with Crippen LogP contribution < -0.4 is 5.32 Å². The van der Waals surface area contributed by atoms with Gasteiger partial charge >= 0.3 is 0 Å². The maximum atomic E-state index is 11.6. The summed E-state index contributed by atoms with van der Waals surface area (Å²) >= 11 is 4.95. The third-order valence-corrected chi connectivity index (χ3v) is 2.82. The highest BCUT2D eigenvalue weighted by molar-refractivity contribution is 7.80. The summed E-state index contributed by atoms with van der Waals surface area (Å²) in [4.78, 5) is 24.0. The second kappa shape index (κ2) is 5.55. The molecule has 0 spiro atoms. The molecule has 0 bridgehead atoms. The zero-order valence-electron chi connectivity index (χ0n) is 9.63. The molecule has 0 atom stereocenters. The maximum Gasteiger partial charge on any atom is 0.238 e. The molecule has 1 heterocycles. The summed E-state index contributed by atoms with van der Waals surface area (Å²) in [6.45, 7) is 0.368. The number of nitrogens with one attached hydrogen (secondary N) is 1. The molecule has 1 aliphatic rings. The van der Waals surface area contributed by atoms with Crippen molar-refractivity contribution in [2.75, 3.05) is 6.54 Å². The molecule has 1 saturated heterocycles. The SMILES string of the molecule is O=C1CC(=O)N(C/C=C/c2ccccc2)C(=S)N1. The highest BCUT2D eigenvalue weighted by Crippen LogP contribution is 2.05. The Morgan fingerprint density at radius 1 is 1.28 bits per heavy atom. The Morgan fingerprint density at radius 2 is 2.00 bits per heavy atom. The van der Waals surface area contributed by atoms with Crippen LogP contribution in [-0.2, 0) is 9.59 Å². The molecule has 2 amide bonds. The number of thiocarbonyl (C=S) groups is 1. The summed E-state index contributed by atoms with van der Waals surface area (Å²) in [7, 11) is 0. The summed E-state index contributed by atoms with van der Waals surface area (Å²) in [6.07, 6.45) is 3.61. The molecule has 5 heteroatoms. The third kappa shape index (κ3) is 3.01. The number of amides is 2. The van der Waals surface area contributed by atoms with Crippen LogP contribution in [0.4, 0.5) is 0 Å². The first-order valence-corrected chi connectivity index (χ1v) is 5.93. The topological polar surface area (TPSA) is 49.4 Å². The largest absolute Gasteiger partial charge is 0.302 e. The molecule has 0 aliphatic carbocycles. The summed E-state index contributed by atoms with van der Waals surface area (Å²) in [5, 5.41) is 2.65. The van der Waals surface area contributed by atoms with Gasteiger partial charge in [-0.25, -0.2) is 0 Å². The van der Waals surface area contributed by atoms with E-state index in [4.69, 9.17) is 12.2 Å². The average molecular weight is 260 g/mol. The number of benzene rings is 1. The van der Waals surface area contributed by atoms with Gasteiger partial charge in [-0.1, -0.05) is 42.5 Å². The molecule has 0 aromatic heterocycles. The van der Waals surface area contributed by atoms with Gasteiger partial charge in [0, 0.05) is 6.54 Å². The predicted molar refractivity (Wildman–Crippen MR) is 72.5 cm³/mol. The van der Waals surface area contributed by atoms with Gasteiger partial charge in [0.2, 0.25) is 11.8 Å². The van der Waals surface area contributed by atoms with Gasteiger partial charge in [-0.2, -0.15) is 0 Å². The van der Waals surface area contributed by atoms with E-state index in [0.29, 0.717) is 6.54 Å². The van der Waals surface area contributed by atoms with Crippen molar-refractivity contribution < 1.29 is 9.59 Å². The van der Waals surface area contributed by atoms with E-state index >= 15 is 0 Å². The van der Waals surface area contributed by atoms with Crippen LogP contribution in [0.5, 0.6) is 0 Å². The van der Waals surface area contributed by atoms with Crippen LogP contribution >= 0.6 is 12.2 Å². The molecule has 4 nitrogen and oxygen atoms in total. The molecule has 1 aliphatic heterocycles. The minimum Gasteiger partial charge on any atom is -0.302 e. The zero-order chi connectivity index (χ0) is 13.0. The normalized spacial score (nSPS) is 16.2. The molecule has 1 fully saturated rings. The first-order chi connectivity index (χ1) is 8.66. The van der Waals surface area contributed by atoms with Crippen LogP contribution in [-0.4, -0.2) is 28.4 Å². The number of nitrogens with zero attached hydrogens (tertiary/aromatic N) is 1. The lowest BCUT2D eigenvalue weighted by atomic mass is 10.2. The molecule has 1 aromatic rings. The van der Waals surface area contributed by atoms with Crippen LogP contribution in [0, 0.1) is 0 Å². The first kappa shape index (κ1) is 12.4. The number of rotatable bonds is 3. The second-order valence-electron chi connectivity index (χ2n) is 3.85. The van der Waals surface area contributed by atoms with Crippen molar-refractivity contribution in [3.05, 3.63) is 42.0 Å². The van der Waals surface area contributed by atoms with Crippen molar-refractivity contribution in [3.63, 3.8) is 0 Å². The first-order valence-electron chi connectivity index (χ1n) is 5.52. The Morgan fingerprint density at radius 3 is 2.67 bits per heavy atom. The molecule has 92 valence electrons. The fraction of sp³-hybridized carbons (Fsp3) is 0.154. The monoisotopic (exact) mass is 260 g/mol. The molecule has 0 unspecified atom stereocenters. The van der Waals surface area contributed by atoms with E-state index in [2.05, 4.69) is 5.32 Å². The van der Waals surface area contributed by atoms with Gasteiger partial charge in [-0.05, 0) is 17.8 Å². The predicted octanol–water partition coefficient (Wildman–Crippen LogP) is 1.33. The fourth-order valence-corrected chi connectivity index (χ4v) is 1.91. The number of carbonyl (C=O) groups is 2. The Kier molecular flexibility index (Phi) is 3.84. The minimum atomic E-state index is -0.340. The van der Waals surface area contributed by atoms with Crippen LogP contribution in [0.1, 0.15) is 12.0 Å². The molecular weight excluding hydrogens is 248 g/mol. The Balaban J connectivity index is 1.98. The van der Waals surface area contributed by atoms with Gasteiger partial charge in [0.25, 0.3) is 0 Å². The second-order valence-corrected chi connectivity index (χ2v) is 4.23. The Bertz CT molecular complexity index is 491. The summed E-state index contributed by atoms with van der Waals surface area (Å²) < 4.78 is 0. The van der Waals surface area contributed by atoms with Crippen molar-refractivity contribution in [1.29, 1.82) is 0 Å². The van der Waals surface area contributed by atoms with Crippen molar-refractivity contribution >= 4 is 35.2 Å². The standard InChI is InChI=1S/C13H12N2O2S/c16-11-9-12(17)15(13(18)14-11)8-4-7-10-5-2-1-3-6-10/h1-7H,8-9H2,(H,14,16,18)/b7-4+. The van der Waals surface area contributed by atoms with Gasteiger partial charge < -0.3 is 5.32 Å². The van der Waals surface area contributed by atoms with Crippen LogP contribution in [0.3, 0.4) is 0 Å². The number of hydrogen-bond donors (Lipinski definition) is 1. The van der Waals surface area contributed by atoms with Crippen LogP contribution in [0.15, 0.2) is 36.4 Å². The smallest absolute Gasteiger partial charge is 0.238 e. The highest BCUT2D eigenvalue weighted by atomic mass is 32.1. The fourth-order valence-electron chi connectivity index (χ4n) is 1.62. The highest BCUT2D eigenvalue weighted by Gasteiger charge is 2.26. The van der Waals surface area contributed by atoms with Crippen molar-refractivity contribution in [1.82, 2.24) is 10.2 Å². The van der Waals surface area contributed by atoms with Crippen molar-refractivity contribution in [3.8, 4) is 0 Å². The Labute approximate surface area is 110 Å². The average Bonchev–Trinajstić information content (AvgIpc) is 2.34. The van der Waals surface area contributed by atoms with Gasteiger partial charge in [0.15, 0.2) is 5.11 Å². The van der Waals surface area contributed by atoms with E-state index in [1.807, 2.05) is 42.5 Å². The molecular formula is C13H12N2O2S. The molecule has 1 N–H and O–H groups in total. The Hall–Kier alpha value is -2.01. The van der Waals surface area contributed by atoms with E-state index in [1.165, 1.54) is 4.90 Å². The van der Waals surface area contributed by atoms with Gasteiger partial charge in [-0.3, -0.25) is 14.5 Å². The lowest BCUT2D eigenvalue weighted by molar-refractivity contribution is -0.134. The van der Waals surface area contributed by atoms with E-state index in [9.17, 15) is 9.59 Å². The zero-order valence-corrected chi connectivity index (χ0v) is 10.4. The van der Waals surface area contributed by atoms with Gasteiger partial charge in [0.1, 0.15) is 6.42 Å². The molecule has 0 saturated carbocycles. The summed E-state index contributed by atoms with van der Waals surface area (Å²) in [5.74, 6) is -0.602. The van der Waals surface area contributed by atoms with Crippen LogP contribution in [0.25, 0.3) is 6.08 Å². The molecule has 18 heavy (non-hydrogen) atoms. The summed E-state index contributed by atoms with van der Waals surface area (Å²) in [5.41, 5.74) is 1.05. The maximum absolute atomic E-state index is 11.6. The number of hydrogen-bond acceptors (Lipinski definition) is 3. The van der Waals surface area contributed by atoms with E-state index in [-0.39, 0.29) is 23.3 Å². The van der Waals surface area contributed by atoms with E-state index < -0.39 is 0 Å².